The molecule has 0 radical (unpaired) electrons. The van der Waals surface area contributed by atoms with Gasteiger partial charge in [0, 0.05) is 44.9 Å². The van der Waals surface area contributed by atoms with Crippen LogP contribution in [0.5, 0.6) is 5.75 Å². The van der Waals surface area contributed by atoms with Crippen LogP contribution in [0.15, 0.2) is 47.2 Å². The fourth-order valence-corrected chi connectivity index (χ4v) is 6.11. The van der Waals surface area contributed by atoms with Crippen molar-refractivity contribution in [3.05, 3.63) is 58.4 Å². The number of thiophene rings is 1. The number of ether oxygens (including phenoxy) is 1. The number of aromatic nitrogens is 1. The Kier molecular flexibility index (Phi) is 10.5. The van der Waals surface area contributed by atoms with Crippen molar-refractivity contribution in [2.45, 2.75) is 44.7 Å². The van der Waals surface area contributed by atoms with Crippen LogP contribution in [0.3, 0.4) is 0 Å². The lowest BCUT2D eigenvalue weighted by atomic mass is 10.0. The Labute approximate surface area is 247 Å². The molecule has 4 amide bonds. The van der Waals surface area contributed by atoms with E-state index in [9.17, 15) is 19.2 Å². The van der Waals surface area contributed by atoms with Crippen molar-refractivity contribution in [1.29, 1.82) is 0 Å². The maximum atomic E-state index is 13.4. The minimum absolute atomic E-state index is 0.143. The highest BCUT2D eigenvalue weighted by atomic mass is 32.1. The number of hydrogen-bond acceptors (Lipinski definition) is 8. The number of rotatable bonds is 5. The molecule has 1 saturated heterocycles. The predicted molar refractivity (Wildman–Crippen MR) is 159 cm³/mol. The largest absolute Gasteiger partial charge is 0.497 e. The SMILES string of the molecule is COc1ccc(C[C@@H]2NC(=O)CCCN(C(=O)c3csc(-c4cccs4)n3)CCCNC(=O)[C@H](C)N(C)C2=O)cc1. The van der Waals surface area contributed by atoms with Crippen LogP contribution in [0.2, 0.25) is 0 Å². The Morgan fingerprint density at radius 2 is 1.85 bits per heavy atom. The number of hydrogen-bond donors (Lipinski definition) is 2. The van der Waals surface area contributed by atoms with Gasteiger partial charge in [-0.3, -0.25) is 19.2 Å². The zero-order chi connectivity index (χ0) is 29.4. The molecular formula is C29H35N5O5S2. The lowest BCUT2D eigenvalue weighted by Gasteiger charge is -2.29. The highest BCUT2D eigenvalue weighted by molar-refractivity contribution is 7.20. The molecule has 0 aliphatic carbocycles. The third-order valence-corrected chi connectivity index (χ3v) is 8.90. The van der Waals surface area contributed by atoms with Crippen LogP contribution in [0.25, 0.3) is 9.88 Å². The Morgan fingerprint density at radius 1 is 1.10 bits per heavy atom. The van der Waals surface area contributed by atoms with Crippen LogP contribution in [0.1, 0.15) is 42.2 Å². The van der Waals surface area contributed by atoms with Gasteiger partial charge in [0.05, 0.1) is 12.0 Å². The third kappa shape index (κ3) is 7.92. The van der Waals surface area contributed by atoms with E-state index in [1.165, 1.54) is 16.2 Å². The minimum Gasteiger partial charge on any atom is -0.497 e. The second kappa shape index (κ2) is 14.2. The van der Waals surface area contributed by atoms with Gasteiger partial charge in [0.1, 0.15) is 28.5 Å². The average Bonchev–Trinajstić information content (AvgIpc) is 3.69. The summed E-state index contributed by atoms with van der Waals surface area (Å²) >= 11 is 2.99. The van der Waals surface area contributed by atoms with Crippen LogP contribution in [0.4, 0.5) is 0 Å². The molecule has 4 rings (SSSR count). The molecule has 3 aromatic rings. The summed E-state index contributed by atoms with van der Waals surface area (Å²) in [6, 6.07) is 9.59. The van der Waals surface area contributed by atoms with E-state index >= 15 is 0 Å². The van der Waals surface area contributed by atoms with Crippen molar-refractivity contribution in [3.63, 3.8) is 0 Å². The standard InChI is InChI=1S/C29H35N5O5S2/c1-19-26(36)30-13-6-15-34(29(38)23-18-41-27(32-23)24-7-5-16-40-24)14-4-8-25(35)31-22(28(37)33(19)2)17-20-9-11-21(39-3)12-10-20/h5,7,9-12,16,18-19,22H,4,6,8,13-15,17H2,1-3H3,(H,30,36)(H,31,35)/t19-,22-/m0/s1. The number of methoxy groups -OCH3 is 1. The number of likely N-dealkylation sites (N-methyl/N-ethyl adjacent to an activating group) is 1. The van der Waals surface area contributed by atoms with Crippen LogP contribution in [-0.2, 0) is 20.8 Å². The van der Waals surface area contributed by atoms with Gasteiger partial charge in [0.15, 0.2) is 0 Å². The van der Waals surface area contributed by atoms with E-state index in [0.717, 1.165) is 15.4 Å². The number of nitrogens with zero attached hydrogens (tertiary/aromatic N) is 3. The molecule has 3 heterocycles. The molecule has 1 aliphatic rings. The zero-order valence-corrected chi connectivity index (χ0v) is 25.1. The van der Waals surface area contributed by atoms with Crippen molar-refractivity contribution in [1.82, 2.24) is 25.4 Å². The van der Waals surface area contributed by atoms with E-state index in [1.807, 2.05) is 29.6 Å². The summed E-state index contributed by atoms with van der Waals surface area (Å²) < 4.78 is 5.22. The molecule has 218 valence electrons. The quantitative estimate of drug-likeness (QED) is 0.466. The maximum Gasteiger partial charge on any atom is 0.273 e. The molecule has 2 N–H and O–H groups in total. The number of benzene rings is 1. The molecule has 0 spiro atoms. The van der Waals surface area contributed by atoms with E-state index in [2.05, 4.69) is 15.6 Å². The molecule has 12 heteroatoms. The first-order valence-electron chi connectivity index (χ1n) is 13.5. The lowest BCUT2D eigenvalue weighted by Crippen LogP contribution is -2.54. The summed E-state index contributed by atoms with van der Waals surface area (Å²) in [5.41, 5.74) is 1.21. The average molecular weight is 598 g/mol. The Balaban J connectivity index is 1.49. The van der Waals surface area contributed by atoms with Crippen molar-refractivity contribution in [2.24, 2.45) is 0 Å². The Hall–Kier alpha value is -3.77. The van der Waals surface area contributed by atoms with Gasteiger partial charge in [-0.25, -0.2) is 4.98 Å². The highest BCUT2D eigenvalue weighted by Gasteiger charge is 2.30. The molecule has 10 nitrogen and oxygen atoms in total. The van der Waals surface area contributed by atoms with Crippen LogP contribution in [0, 0.1) is 0 Å². The minimum atomic E-state index is -0.857. The van der Waals surface area contributed by atoms with Gasteiger partial charge >= 0.3 is 0 Å². The number of carbonyl (C=O) groups excluding carboxylic acids is 4. The molecular weight excluding hydrogens is 562 g/mol. The lowest BCUT2D eigenvalue weighted by molar-refractivity contribution is -0.141. The molecule has 0 bridgehead atoms. The van der Waals surface area contributed by atoms with Gasteiger partial charge < -0.3 is 25.2 Å². The van der Waals surface area contributed by atoms with Crippen LogP contribution >= 0.6 is 22.7 Å². The van der Waals surface area contributed by atoms with Gasteiger partial charge in [-0.1, -0.05) is 18.2 Å². The first-order valence-corrected chi connectivity index (χ1v) is 15.3. The maximum absolute atomic E-state index is 13.4. The smallest absolute Gasteiger partial charge is 0.273 e. The van der Waals surface area contributed by atoms with E-state index in [1.54, 1.807) is 54.8 Å². The fraction of sp³-hybridized carbons (Fsp3) is 0.414. The third-order valence-electron chi connectivity index (χ3n) is 7.02. The summed E-state index contributed by atoms with van der Waals surface area (Å²) in [5, 5.41) is 10.3. The van der Waals surface area contributed by atoms with E-state index < -0.39 is 12.1 Å². The molecule has 1 aromatic carbocycles. The van der Waals surface area contributed by atoms with E-state index in [-0.39, 0.29) is 36.5 Å². The van der Waals surface area contributed by atoms with Crippen molar-refractivity contribution in [2.75, 3.05) is 33.8 Å². The second-order valence-corrected chi connectivity index (χ2v) is 11.7. The van der Waals surface area contributed by atoms with Crippen LogP contribution < -0.4 is 15.4 Å². The summed E-state index contributed by atoms with van der Waals surface area (Å²) in [5.74, 6) is -0.469. The van der Waals surface area contributed by atoms with Gasteiger partial charge in [-0.15, -0.1) is 22.7 Å². The molecule has 0 saturated carbocycles. The molecule has 1 fully saturated rings. The fourth-order valence-electron chi connectivity index (χ4n) is 4.50. The monoisotopic (exact) mass is 597 g/mol. The summed E-state index contributed by atoms with van der Waals surface area (Å²) in [6.45, 7) is 2.75. The summed E-state index contributed by atoms with van der Waals surface area (Å²) in [7, 11) is 3.14. The molecule has 0 unspecified atom stereocenters. The Morgan fingerprint density at radius 3 is 2.56 bits per heavy atom. The summed E-state index contributed by atoms with van der Waals surface area (Å²) in [6.07, 6.45) is 1.34. The molecule has 2 atom stereocenters. The van der Waals surface area contributed by atoms with Crippen LogP contribution in [-0.4, -0.2) is 84.3 Å². The number of amides is 4. The molecule has 2 aromatic heterocycles. The van der Waals surface area contributed by atoms with Gasteiger partial charge in [0.25, 0.3) is 5.91 Å². The van der Waals surface area contributed by atoms with Crippen molar-refractivity contribution in [3.8, 4) is 15.6 Å². The molecule has 41 heavy (non-hydrogen) atoms. The van der Waals surface area contributed by atoms with Gasteiger partial charge in [-0.05, 0) is 48.9 Å². The normalized spacial score (nSPS) is 19.6. The van der Waals surface area contributed by atoms with Crippen molar-refractivity contribution >= 4 is 46.3 Å². The predicted octanol–water partition coefficient (Wildman–Crippen LogP) is 3.20. The van der Waals surface area contributed by atoms with Gasteiger partial charge in [-0.2, -0.15) is 0 Å². The summed E-state index contributed by atoms with van der Waals surface area (Å²) in [4.78, 5) is 61.3. The van der Waals surface area contributed by atoms with Gasteiger partial charge in [0.2, 0.25) is 17.7 Å². The van der Waals surface area contributed by atoms with E-state index in [4.69, 9.17) is 4.74 Å². The Bertz CT molecular complexity index is 1340. The number of carbonyl (C=O) groups is 4. The molecule has 1 aliphatic heterocycles. The zero-order valence-electron chi connectivity index (χ0n) is 23.4. The first kappa shape index (κ1) is 30.2. The number of nitrogens with one attached hydrogen (secondary N) is 2. The highest BCUT2D eigenvalue weighted by Crippen LogP contribution is 2.28. The number of thiazole rings is 1. The first-order chi connectivity index (χ1) is 19.8. The second-order valence-electron chi connectivity index (χ2n) is 9.85. The van der Waals surface area contributed by atoms with E-state index in [0.29, 0.717) is 43.9 Å². The topological polar surface area (TPSA) is 121 Å². The van der Waals surface area contributed by atoms with Crippen molar-refractivity contribution < 1.29 is 23.9 Å².